The van der Waals surface area contributed by atoms with E-state index in [1.807, 2.05) is 6.92 Å². The smallest absolute Gasteiger partial charge is 0.220 e. The Morgan fingerprint density at radius 3 is 2.62 bits per heavy atom. The molecule has 0 bridgehead atoms. The molecule has 1 fully saturated rings. The Kier molecular flexibility index (Phi) is 3.72. The van der Waals surface area contributed by atoms with Crippen LogP contribution < -0.4 is 5.32 Å². The van der Waals surface area contributed by atoms with E-state index in [0.717, 1.165) is 0 Å². The molecule has 3 heteroatoms. The molecule has 1 rings (SSSR count). The van der Waals surface area contributed by atoms with E-state index in [2.05, 4.69) is 5.32 Å². The highest BCUT2D eigenvalue weighted by Crippen LogP contribution is 2.32. The molecule has 1 saturated carbocycles. The van der Waals surface area contributed by atoms with Crippen LogP contribution in [0.3, 0.4) is 0 Å². The lowest BCUT2D eigenvalue weighted by atomic mass is 10.1. The first-order valence-electron chi connectivity index (χ1n) is 5.05. The van der Waals surface area contributed by atoms with Crippen LogP contribution in [0.25, 0.3) is 0 Å². The van der Waals surface area contributed by atoms with Crippen molar-refractivity contribution in [3.8, 4) is 0 Å². The van der Waals surface area contributed by atoms with E-state index < -0.39 is 0 Å². The van der Waals surface area contributed by atoms with Crippen molar-refractivity contribution in [2.45, 2.75) is 51.7 Å². The maximum Gasteiger partial charge on any atom is 0.220 e. The lowest BCUT2D eigenvalue weighted by Crippen LogP contribution is -2.34. The predicted molar refractivity (Wildman–Crippen MR) is 51.2 cm³/mol. The predicted octanol–water partition coefficient (Wildman–Crippen LogP) is 1.06. The number of aliphatic hydroxyl groups is 1. The summed E-state index contributed by atoms with van der Waals surface area (Å²) in [5, 5.41) is 12.0. The molecule has 1 amide bonds. The molecular formula is C10H19NO2. The minimum Gasteiger partial charge on any atom is -0.393 e. The van der Waals surface area contributed by atoms with Gasteiger partial charge in [-0.2, -0.15) is 0 Å². The third-order valence-electron chi connectivity index (χ3n) is 2.27. The van der Waals surface area contributed by atoms with Gasteiger partial charge in [0.25, 0.3) is 0 Å². The van der Waals surface area contributed by atoms with Gasteiger partial charge in [-0.25, -0.2) is 0 Å². The lowest BCUT2D eigenvalue weighted by Gasteiger charge is -2.15. The summed E-state index contributed by atoms with van der Waals surface area (Å²) in [5.41, 5.74) is 0. The fourth-order valence-electron chi connectivity index (χ4n) is 1.49. The summed E-state index contributed by atoms with van der Waals surface area (Å²) < 4.78 is 0. The van der Waals surface area contributed by atoms with Gasteiger partial charge < -0.3 is 10.4 Å². The number of carbonyl (C=O) groups is 1. The number of amides is 1. The molecule has 1 aliphatic rings. The number of carbonyl (C=O) groups excluding carboxylic acids is 1. The molecule has 0 spiro atoms. The van der Waals surface area contributed by atoms with Crippen molar-refractivity contribution in [3.05, 3.63) is 0 Å². The molecule has 0 aliphatic heterocycles. The molecule has 0 saturated heterocycles. The number of rotatable bonds is 5. The molecule has 13 heavy (non-hydrogen) atoms. The zero-order valence-corrected chi connectivity index (χ0v) is 8.42. The Hall–Kier alpha value is -0.570. The molecule has 76 valence electrons. The fraction of sp³-hybridized carbons (Fsp3) is 0.900. The Labute approximate surface area is 79.5 Å². The van der Waals surface area contributed by atoms with Crippen molar-refractivity contribution in [2.75, 3.05) is 0 Å². The highest BCUT2D eigenvalue weighted by atomic mass is 16.3. The van der Waals surface area contributed by atoms with Gasteiger partial charge in [-0.3, -0.25) is 4.79 Å². The van der Waals surface area contributed by atoms with E-state index >= 15 is 0 Å². The molecule has 0 radical (unpaired) electrons. The van der Waals surface area contributed by atoms with Gasteiger partial charge in [0.15, 0.2) is 0 Å². The topological polar surface area (TPSA) is 49.3 Å². The van der Waals surface area contributed by atoms with Gasteiger partial charge in [0.1, 0.15) is 0 Å². The highest BCUT2D eigenvalue weighted by Gasteiger charge is 2.24. The zero-order valence-electron chi connectivity index (χ0n) is 8.42. The normalized spacial score (nSPS) is 20.8. The second kappa shape index (κ2) is 4.61. The fourth-order valence-corrected chi connectivity index (χ4v) is 1.49. The summed E-state index contributed by atoms with van der Waals surface area (Å²) in [6.07, 6.45) is 3.38. The molecule has 0 aromatic heterocycles. The van der Waals surface area contributed by atoms with E-state index in [1.54, 1.807) is 6.92 Å². The molecule has 2 unspecified atom stereocenters. The van der Waals surface area contributed by atoms with Gasteiger partial charge in [-0.1, -0.05) is 0 Å². The second-order valence-electron chi connectivity index (χ2n) is 4.20. The van der Waals surface area contributed by atoms with Crippen molar-refractivity contribution in [1.29, 1.82) is 0 Å². The van der Waals surface area contributed by atoms with Crippen molar-refractivity contribution in [2.24, 2.45) is 5.92 Å². The van der Waals surface area contributed by atoms with E-state index in [4.69, 9.17) is 5.11 Å². The van der Waals surface area contributed by atoms with Gasteiger partial charge >= 0.3 is 0 Å². The van der Waals surface area contributed by atoms with Crippen LogP contribution in [0.1, 0.15) is 39.5 Å². The quantitative estimate of drug-likeness (QED) is 0.673. The van der Waals surface area contributed by atoms with Crippen LogP contribution in [0.5, 0.6) is 0 Å². The number of aliphatic hydroxyl groups excluding tert-OH is 1. The third-order valence-corrected chi connectivity index (χ3v) is 2.27. The zero-order chi connectivity index (χ0) is 9.84. The second-order valence-corrected chi connectivity index (χ2v) is 4.20. The molecular weight excluding hydrogens is 166 g/mol. The van der Waals surface area contributed by atoms with Gasteiger partial charge in [-0.15, -0.1) is 0 Å². The first-order valence-corrected chi connectivity index (χ1v) is 5.05. The standard InChI is InChI=1S/C10H19NO2/c1-7(5-8(2)12)11-10(13)6-9-3-4-9/h7-9,12H,3-6H2,1-2H3,(H,11,13). The highest BCUT2D eigenvalue weighted by molar-refractivity contribution is 5.76. The Morgan fingerprint density at radius 1 is 1.54 bits per heavy atom. The van der Waals surface area contributed by atoms with E-state index in [1.165, 1.54) is 12.8 Å². The van der Waals surface area contributed by atoms with E-state index in [-0.39, 0.29) is 18.1 Å². The number of hydrogen-bond donors (Lipinski definition) is 2. The summed E-state index contributed by atoms with van der Waals surface area (Å²) in [6, 6.07) is 0.0891. The third kappa shape index (κ3) is 4.88. The number of nitrogens with one attached hydrogen (secondary N) is 1. The summed E-state index contributed by atoms with van der Waals surface area (Å²) in [4.78, 5) is 11.3. The lowest BCUT2D eigenvalue weighted by molar-refractivity contribution is -0.122. The molecule has 0 aromatic rings. The molecule has 0 heterocycles. The van der Waals surface area contributed by atoms with Crippen LogP contribution >= 0.6 is 0 Å². The minimum atomic E-state index is -0.337. The first kappa shape index (κ1) is 10.5. The van der Waals surface area contributed by atoms with Crippen LogP contribution in [-0.2, 0) is 4.79 Å². The van der Waals surface area contributed by atoms with Crippen LogP contribution in [0.2, 0.25) is 0 Å². The Bertz CT molecular complexity index is 176. The van der Waals surface area contributed by atoms with Crippen LogP contribution in [0, 0.1) is 5.92 Å². The van der Waals surface area contributed by atoms with Crippen molar-refractivity contribution in [1.82, 2.24) is 5.32 Å². The van der Waals surface area contributed by atoms with Gasteiger partial charge in [0.2, 0.25) is 5.91 Å². The van der Waals surface area contributed by atoms with Crippen LogP contribution in [-0.4, -0.2) is 23.2 Å². The molecule has 1 aliphatic carbocycles. The average Bonchev–Trinajstić information content (AvgIpc) is 2.67. The summed E-state index contributed by atoms with van der Waals surface area (Å²) in [5.74, 6) is 0.773. The first-order chi connectivity index (χ1) is 6.08. The SMILES string of the molecule is CC(O)CC(C)NC(=O)CC1CC1. The Balaban J connectivity index is 2.10. The van der Waals surface area contributed by atoms with Crippen molar-refractivity contribution < 1.29 is 9.90 Å². The van der Waals surface area contributed by atoms with E-state index in [9.17, 15) is 4.79 Å². The van der Waals surface area contributed by atoms with Crippen LogP contribution in [0.15, 0.2) is 0 Å². The minimum absolute atomic E-state index is 0.0891. The summed E-state index contributed by atoms with van der Waals surface area (Å²) >= 11 is 0. The molecule has 0 aromatic carbocycles. The average molecular weight is 185 g/mol. The molecule has 2 atom stereocenters. The molecule has 3 nitrogen and oxygen atoms in total. The van der Waals surface area contributed by atoms with Crippen LogP contribution in [0.4, 0.5) is 0 Å². The van der Waals surface area contributed by atoms with Crippen molar-refractivity contribution >= 4 is 5.91 Å². The van der Waals surface area contributed by atoms with Gasteiger partial charge in [-0.05, 0) is 39.0 Å². The van der Waals surface area contributed by atoms with Gasteiger partial charge in [0.05, 0.1) is 6.10 Å². The number of hydrogen-bond acceptors (Lipinski definition) is 2. The summed E-state index contributed by atoms with van der Waals surface area (Å²) in [7, 11) is 0. The molecule has 2 N–H and O–H groups in total. The largest absolute Gasteiger partial charge is 0.393 e. The summed E-state index contributed by atoms with van der Waals surface area (Å²) in [6.45, 7) is 3.67. The van der Waals surface area contributed by atoms with Gasteiger partial charge in [0, 0.05) is 12.5 Å². The van der Waals surface area contributed by atoms with E-state index in [0.29, 0.717) is 18.8 Å². The monoisotopic (exact) mass is 185 g/mol. The Morgan fingerprint density at radius 2 is 2.15 bits per heavy atom. The maximum atomic E-state index is 11.3. The maximum absolute atomic E-state index is 11.3. The van der Waals surface area contributed by atoms with Crippen molar-refractivity contribution in [3.63, 3.8) is 0 Å².